The van der Waals surface area contributed by atoms with Crippen LogP contribution in [0.5, 0.6) is 0 Å². The van der Waals surface area contributed by atoms with Gasteiger partial charge in [0.1, 0.15) is 0 Å². The Morgan fingerprint density at radius 2 is 1.90 bits per heavy atom. The van der Waals surface area contributed by atoms with Crippen molar-refractivity contribution in [3.8, 4) is 0 Å². The van der Waals surface area contributed by atoms with E-state index in [9.17, 15) is 9.59 Å². The van der Waals surface area contributed by atoms with Crippen molar-refractivity contribution in [3.05, 3.63) is 27.1 Å². The van der Waals surface area contributed by atoms with Gasteiger partial charge in [-0.25, -0.2) is 4.79 Å². The topological polar surface area (TPSA) is 104 Å². The van der Waals surface area contributed by atoms with Gasteiger partial charge in [0.05, 0.1) is 22.6 Å². The van der Waals surface area contributed by atoms with Crippen molar-refractivity contribution in [2.24, 2.45) is 11.7 Å². The summed E-state index contributed by atoms with van der Waals surface area (Å²) in [7, 11) is 0. The van der Waals surface area contributed by atoms with Crippen LogP contribution in [0.15, 0.2) is 21.4 Å². The third kappa shape index (κ3) is 2.89. The number of anilines is 1. The van der Waals surface area contributed by atoms with Gasteiger partial charge in [-0.15, -0.1) is 0 Å². The number of H-pyrrole nitrogens is 2. The second kappa shape index (κ2) is 5.65. The Morgan fingerprint density at radius 1 is 1.24 bits per heavy atom. The minimum atomic E-state index is -0.269. The zero-order valence-corrected chi connectivity index (χ0v) is 13.0. The van der Waals surface area contributed by atoms with E-state index in [2.05, 4.69) is 31.2 Å². The zero-order valence-electron chi connectivity index (χ0n) is 11.4. The number of hydrogen-bond donors (Lipinski definition) is 4. The highest BCUT2D eigenvalue weighted by atomic mass is 79.9. The number of aromatic nitrogens is 2. The molecule has 0 radical (unpaired) electrons. The Bertz CT molecular complexity index is 736. The van der Waals surface area contributed by atoms with Crippen molar-refractivity contribution in [2.75, 3.05) is 5.32 Å². The molecule has 21 heavy (non-hydrogen) atoms. The summed E-state index contributed by atoms with van der Waals surface area (Å²) >= 11 is 3.41. The average Bonchev–Trinajstić information content (AvgIpc) is 2.78. The molecule has 0 aliphatic heterocycles. The van der Waals surface area contributed by atoms with Gasteiger partial charge >= 0.3 is 5.69 Å². The molecule has 1 aliphatic rings. The average molecular weight is 353 g/mol. The van der Waals surface area contributed by atoms with Crippen molar-refractivity contribution in [1.29, 1.82) is 0 Å². The molecule has 1 heterocycles. The predicted octanol–water partition coefficient (Wildman–Crippen LogP) is 2.07. The van der Waals surface area contributed by atoms with Gasteiger partial charge in [-0.1, -0.05) is 12.8 Å². The highest BCUT2D eigenvalue weighted by Gasteiger charge is 2.28. The number of rotatable bonds is 2. The number of amides is 1. The fraction of sp³-hybridized carbons (Fsp3) is 0.429. The first-order valence-corrected chi connectivity index (χ1v) is 7.82. The van der Waals surface area contributed by atoms with Gasteiger partial charge in [-0.05, 0) is 40.9 Å². The fourth-order valence-corrected chi connectivity index (χ4v) is 3.30. The molecule has 112 valence electrons. The molecule has 1 aliphatic carbocycles. The number of benzene rings is 1. The quantitative estimate of drug-likeness (QED) is 0.664. The van der Waals surface area contributed by atoms with Crippen LogP contribution in [0.4, 0.5) is 5.69 Å². The van der Waals surface area contributed by atoms with Crippen LogP contribution >= 0.6 is 15.9 Å². The lowest BCUT2D eigenvalue weighted by Crippen LogP contribution is -2.40. The number of imidazole rings is 1. The van der Waals surface area contributed by atoms with Crippen molar-refractivity contribution in [1.82, 2.24) is 9.97 Å². The molecule has 7 heteroatoms. The molecule has 0 saturated heterocycles. The Balaban J connectivity index is 1.85. The van der Waals surface area contributed by atoms with Gasteiger partial charge in [0.25, 0.3) is 0 Å². The van der Waals surface area contributed by atoms with Crippen LogP contribution in [0, 0.1) is 5.92 Å². The Labute approximate surface area is 129 Å². The van der Waals surface area contributed by atoms with Crippen LogP contribution in [0.1, 0.15) is 25.7 Å². The highest BCUT2D eigenvalue weighted by molar-refractivity contribution is 9.10. The van der Waals surface area contributed by atoms with Gasteiger partial charge in [-0.3, -0.25) is 4.79 Å². The van der Waals surface area contributed by atoms with Gasteiger partial charge in [0, 0.05) is 10.5 Å². The van der Waals surface area contributed by atoms with E-state index in [1.807, 2.05) is 0 Å². The van der Waals surface area contributed by atoms with Crippen LogP contribution in [0.25, 0.3) is 11.0 Å². The lowest BCUT2D eigenvalue weighted by atomic mass is 9.84. The van der Waals surface area contributed by atoms with Crippen molar-refractivity contribution >= 4 is 38.6 Å². The SMILES string of the molecule is NC1CCCCC1C(=O)Nc1cc2[nH]c(=O)[nH]c2cc1Br. The van der Waals surface area contributed by atoms with Crippen LogP contribution in [-0.4, -0.2) is 21.9 Å². The van der Waals surface area contributed by atoms with Gasteiger partial charge in [-0.2, -0.15) is 0 Å². The Kier molecular flexibility index (Phi) is 3.86. The van der Waals surface area contributed by atoms with E-state index in [0.29, 0.717) is 16.7 Å². The summed E-state index contributed by atoms with van der Waals surface area (Å²) in [5.41, 5.74) is 7.76. The molecular weight excluding hydrogens is 336 g/mol. The molecule has 2 unspecified atom stereocenters. The lowest BCUT2D eigenvalue weighted by Gasteiger charge is -2.27. The van der Waals surface area contributed by atoms with E-state index in [1.165, 1.54) is 0 Å². The summed E-state index contributed by atoms with van der Waals surface area (Å²) in [6.45, 7) is 0. The zero-order chi connectivity index (χ0) is 15.0. The smallest absolute Gasteiger partial charge is 0.323 e. The first-order valence-electron chi connectivity index (χ1n) is 7.02. The number of fused-ring (bicyclic) bond motifs is 1. The normalized spacial score (nSPS) is 22.4. The van der Waals surface area contributed by atoms with Crippen LogP contribution in [0.2, 0.25) is 0 Å². The van der Waals surface area contributed by atoms with E-state index >= 15 is 0 Å². The van der Waals surface area contributed by atoms with E-state index in [4.69, 9.17) is 5.73 Å². The second-order valence-electron chi connectivity index (χ2n) is 5.50. The third-order valence-corrected chi connectivity index (χ3v) is 4.67. The Morgan fingerprint density at radius 3 is 2.62 bits per heavy atom. The molecule has 1 aromatic carbocycles. The first-order chi connectivity index (χ1) is 10.0. The minimum Gasteiger partial charge on any atom is -0.327 e. The van der Waals surface area contributed by atoms with Crippen molar-refractivity contribution in [2.45, 2.75) is 31.7 Å². The van der Waals surface area contributed by atoms with E-state index in [1.54, 1.807) is 12.1 Å². The summed E-state index contributed by atoms with van der Waals surface area (Å²) in [5.74, 6) is -0.202. The molecule has 6 nitrogen and oxygen atoms in total. The van der Waals surface area contributed by atoms with Gasteiger partial charge in [0.15, 0.2) is 0 Å². The standard InChI is InChI=1S/C14H17BrN4O2/c15-8-5-11-12(19-14(21)18-11)6-10(8)17-13(20)7-3-1-2-4-9(7)16/h5-7,9H,1-4,16H2,(H,17,20)(H2,18,19,21). The molecule has 1 fully saturated rings. The number of halogens is 1. The third-order valence-electron chi connectivity index (χ3n) is 4.02. The molecule has 3 rings (SSSR count). The summed E-state index contributed by atoms with van der Waals surface area (Å²) in [4.78, 5) is 29.0. The number of aromatic amines is 2. The molecule has 5 N–H and O–H groups in total. The maximum Gasteiger partial charge on any atom is 0.323 e. The largest absolute Gasteiger partial charge is 0.327 e. The van der Waals surface area contributed by atoms with Gasteiger partial charge < -0.3 is 21.0 Å². The van der Waals surface area contributed by atoms with E-state index in [0.717, 1.165) is 30.2 Å². The maximum atomic E-state index is 12.4. The minimum absolute atomic E-state index is 0.0554. The summed E-state index contributed by atoms with van der Waals surface area (Å²) in [6.07, 6.45) is 3.85. The second-order valence-corrected chi connectivity index (χ2v) is 6.36. The highest BCUT2D eigenvalue weighted by Crippen LogP contribution is 2.29. The monoisotopic (exact) mass is 352 g/mol. The van der Waals surface area contributed by atoms with Crippen LogP contribution in [-0.2, 0) is 4.79 Å². The molecule has 2 aromatic rings. The summed E-state index contributed by atoms with van der Waals surface area (Å²) in [6, 6.07) is 3.43. The van der Waals surface area contributed by atoms with E-state index in [-0.39, 0.29) is 23.6 Å². The first kappa shape index (κ1) is 14.3. The van der Waals surface area contributed by atoms with Gasteiger partial charge in [0.2, 0.25) is 5.91 Å². The van der Waals surface area contributed by atoms with Crippen LogP contribution in [0.3, 0.4) is 0 Å². The molecule has 1 aromatic heterocycles. The van der Waals surface area contributed by atoms with E-state index < -0.39 is 0 Å². The van der Waals surface area contributed by atoms with Crippen molar-refractivity contribution < 1.29 is 4.79 Å². The summed E-state index contributed by atoms with van der Waals surface area (Å²) < 4.78 is 0.725. The molecular formula is C14H17BrN4O2. The molecule has 1 saturated carbocycles. The predicted molar refractivity (Wildman–Crippen MR) is 85.2 cm³/mol. The molecule has 0 spiro atoms. The van der Waals surface area contributed by atoms with Crippen molar-refractivity contribution in [3.63, 3.8) is 0 Å². The number of carbonyl (C=O) groups excluding carboxylic acids is 1. The molecule has 2 atom stereocenters. The number of nitrogens with one attached hydrogen (secondary N) is 3. The number of nitrogens with two attached hydrogens (primary N) is 1. The number of hydrogen-bond acceptors (Lipinski definition) is 3. The molecule has 0 bridgehead atoms. The lowest BCUT2D eigenvalue weighted by molar-refractivity contribution is -0.121. The number of carbonyl (C=O) groups is 1. The summed E-state index contributed by atoms with van der Waals surface area (Å²) in [5, 5.41) is 2.91. The maximum absolute atomic E-state index is 12.4. The molecule has 1 amide bonds. The Hall–Kier alpha value is -1.60. The van der Waals surface area contributed by atoms with Crippen LogP contribution < -0.4 is 16.7 Å². The fourth-order valence-electron chi connectivity index (χ4n) is 2.86.